The molecule has 0 aliphatic heterocycles. The molecule has 1 aliphatic rings. The number of nitrogens with zero attached hydrogens (tertiary/aromatic N) is 1. The largest absolute Gasteiger partial charge is 0.360 e. The molecule has 0 saturated heterocycles. The van der Waals surface area contributed by atoms with Gasteiger partial charge in [0.2, 0.25) is 10.0 Å². The van der Waals surface area contributed by atoms with E-state index in [4.69, 9.17) is 12.2 Å². The summed E-state index contributed by atoms with van der Waals surface area (Å²) in [5, 5.41) is 7.21. The van der Waals surface area contributed by atoms with Gasteiger partial charge in [-0.2, -0.15) is 4.31 Å². The van der Waals surface area contributed by atoms with Crippen LogP contribution in [-0.4, -0.2) is 37.0 Å². The van der Waals surface area contributed by atoms with Gasteiger partial charge in [0.25, 0.3) is 0 Å². The number of hydrogen-bond donors (Lipinski definition) is 2. The average molecular weight is 412 g/mol. The molecule has 0 radical (unpaired) electrons. The first kappa shape index (κ1) is 22.1. The van der Waals surface area contributed by atoms with E-state index in [0.29, 0.717) is 29.1 Å². The highest BCUT2D eigenvalue weighted by atomic mass is 32.2. The summed E-state index contributed by atoms with van der Waals surface area (Å²) in [6, 6.07) is 5.58. The highest BCUT2D eigenvalue weighted by Crippen LogP contribution is 2.23. The van der Waals surface area contributed by atoms with E-state index in [1.165, 1.54) is 36.4 Å². The first-order chi connectivity index (χ1) is 12.9. The highest BCUT2D eigenvalue weighted by Gasteiger charge is 2.22. The van der Waals surface area contributed by atoms with Crippen LogP contribution in [0.4, 0.5) is 5.69 Å². The summed E-state index contributed by atoms with van der Waals surface area (Å²) >= 11 is 5.51. The summed E-state index contributed by atoms with van der Waals surface area (Å²) in [5.41, 5.74) is 1.71. The van der Waals surface area contributed by atoms with Gasteiger partial charge in [0.05, 0.1) is 4.90 Å². The van der Waals surface area contributed by atoms with Crippen LogP contribution < -0.4 is 10.6 Å². The van der Waals surface area contributed by atoms with Gasteiger partial charge in [0.15, 0.2) is 5.11 Å². The topological polar surface area (TPSA) is 61.4 Å². The number of rotatable bonds is 6. The molecule has 1 aromatic rings. The normalized spacial score (nSPS) is 16.6. The Balaban J connectivity index is 2.10. The lowest BCUT2D eigenvalue weighted by Crippen LogP contribution is -2.38. The second-order valence-corrected chi connectivity index (χ2v) is 9.55. The van der Waals surface area contributed by atoms with Crippen LogP contribution in [0.25, 0.3) is 0 Å². The van der Waals surface area contributed by atoms with Crippen LogP contribution in [0.5, 0.6) is 0 Å². The SMILES string of the molecule is CCN(CC)S(=O)(=O)c1ccc(C)c(NC(=S)NC2CCCCCCC2)c1. The lowest BCUT2D eigenvalue weighted by molar-refractivity contribution is 0.430. The molecule has 0 unspecified atom stereocenters. The molecule has 0 aromatic heterocycles. The molecule has 1 aromatic carbocycles. The lowest BCUT2D eigenvalue weighted by Gasteiger charge is -2.23. The van der Waals surface area contributed by atoms with Crippen molar-refractivity contribution in [2.45, 2.75) is 76.7 Å². The molecule has 2 N–H and O–H groups in total. The Hall–Kier alpha value is -1.18. The van der Waals surface area contributed by atoms with E-state index in [1.54, 1.807) is 12.1 Å². The van der Waals surface area contributed by atoms with E-state index in [-0.39, 0.29) is 0 Å². The van der Waals surface area contributed by atoms with Crippen molar-refractivity contribution in [2.75, 3.05) is 18.4 Å². The zero-order valence-corrected chi connectivity index (χ0v) is 18.4. The van der Waals surface area contributed by atoms with Crippen LogP contribution in [0.15, 0.2) is 23.1 Å². The summed E-state index contributed by atoms with van der Waals surface area (Å²) in [6.45, 7) is 6.56. The predicted molar refractivity (Wildman–Crippen MR) is 117 cm³/mol. The van der Waals surface area contributed by atoms with Crippen molar-refractivity contribution in [3.63, 3.8) is 0 Å². The Labute approximate surface area is 170 Å². The van der Waals surface area contributed by atoms with Gasteiger partial charge in [0, 0.05) is 24.8 Å². The van der Waals surface area contributed by atoms with Gasteiger partial charge in [-0.05, 0) is 49.7 Å². The van der Waals surface area contributed by atoms with Crippen molar-refractivity contribution in [3.05, 3.63) is 23.8 Å². The van der Waals surface area contributed by atoms with Crippen LogP contribution >= 0.6 is 12.2 Å². The average Bonchev–Trinajstić information content (AvgIpc) is 2.59. The summed E-state index contributed by atoms with van der Waals surface area (Å²) in [7, 11) is -3.48. The van der Waals surface area contributed by atoms with Crippen LogP contribution in [0.1, 0.15) is 64.4 Å². The van der Waals surface area contributed by atoms with Crippen LogP contribution in [0.2, 0.25) is 0 Å². The predicted octanol–water partition coefficient (Wildman–Crippen LogP) is 4.42. The molecular weight excluding hydrogens is 378 g/mol. The standard InChI is InChI=1S/C20H33N3O2S2/c1-4-23(5-2)27(24,25)18-14-13-16(3)19(15-18)22-20(26)21-17-11-9-7-6-8-10-12-17/h13-15,17H,4-12H2,1-3H3,(H2,21,22,26). The second kappa shape index (κ2) is 10.4. The molecule has 27 heavy (non-hydrogen) atoms. The molecule has 1 aliphatic carbocycles. The Kier molecular flexibility index (Phi) is 8.51. The first-order valence-corrected chi connectivity index (χ1v) is 11.9. The molecule has 5 nitrogen and oxygen atoms in total. The molecule has 0 spiro atoms. The minimum absolute atomic E-state index is 0.299. The van der Waals surface area contributed by atoms with Crippen molar-refractivity contribution >= 4 is 33.0 Å². The lowest BCUT2D eigenvalue weighted by atomic mass is 9.97. The minimum Gasteiger partial charge on any atom is -0.360 e. The summed E-state index contributed by atoms with van der Waals surface area (Å²) in [4.78, 5) is 0.299. The molecule has 152 valence electrons. The smallest absolute Gasteiger partial charge is 0.243 e. The zero-order chi connectivity index (χ0) is 19.9. The maximum Gasteiger partial charge on any atom is 0.243 e. The van der Waals surface area contributed by atoms with E-state index in [0.717, 1.165) is 24.1 Å². The Morgan fingerprint density at radius 1 is 1.11 bits per heavy atom. The third-order valence-electron chi connectivity index (χ3n) is 5.24. The highest BCUT2D eigenvalue weighted by molar-refractivity contribution is 7.89. The fraction of sp³-hybridized carbons (Fsp3) is 0.650. The van der Waals surface area contributed by atoms with E-state index in [9.17, 15) is 8.42 Å². The zero-order valence-electron chi connectivity index (χ0n) is 16.8. The number of aryl methyl sites for hydroxylation is 1. The van der Waals surface area contributed by atoms with Crippen molar-refractivity contribution in [1.82, 2.24) is 9.62 Å². The van der Waals surface area contributed by atoms with Crippen molar-refractivity contribution < 1.29 is 8.42 Å². The third-order valence-corrected chi connectivity index (χ3v) is 7.51. The fourth-order valence-corrected chi connectivity index (χ4v) is 5.31. The molecule has 0 atom stereocenters. The van der Waals surface area contributed by atoms with Crippen LogP contribution in [0, 0.1) is 6.92 Å². The van der Waals surface area contributed by atoms with Gasteiger partial charge in [-0.1, -0.05) is 52.0 Å². The summed E-state index contributed by atoms with van der Waals surface area (Å²) in [6.07, 6.45) is 8.66. The maximum atomic E-state index is 12.8. The third kappa shape index (κ3) is 6.16. The summed E-state index contributed by atoms with van der Waals surface area (Å²) in [5.74, 6) is 0. The maximum absolute atomic E-state index is 12.8. The number of nitrogens with one attached hydrogen (secondary N) is 2. The minimum atomic E-state index is -3.48. The van der Waals surface area contributed by atoms with Gasteiger partial charge in [0.1, 0.15) is 0 Å². The van der Waals surface area contributed by atoms with Gasteiger partial charge >= 0.3 is 0 Å². The monoisotopic (exact) mass is 411 g/mol. The van der Waals surface area contributed by atoms with Crippen LogP contribution in [0.3, 0.4) is 0 Å². The van der Waals surface area contributed by atoms with E-state index >= 15 is 0 Å². The second-order valence-electron chi connectivity index (χ2n) is 7.21. The van der Waals surface area contributed by atoms with E-state index < -0.39 is 10.0 Å². The quantitative estimate of drug-likeness (QED) is 0.678. The van der Waals surface area contributed by atoms with Gasteiger partial charge in [-0.25, -0.2) is 8.42 Å². The van der Waals surface area contributed by atoms with E-state index in [1.807, 2.05) is 26.8 Å². The molecule has 1 fully saturated rings. The fourth-order valence-electron chi connectivity index (χ4n) is 3.55. The number of sulfonamides is 1. The first-order valence-electron chi connectivity index (χ1n) is 10.1. The van der Waals surface area contributed by atoms with Gasteiger partial charge in [-0.3, -0.25) is 0 Å². The number of hydrogen-bond acceptors (Lipinski definition) is 3. The Morgan fingerprint density at radius 3 is 2.30 bits per heavy atom. The van der Waals surface area contributed by atoms with E-state index in [2.05, 4.69) is 10.6 Å². The molecule has 2 rings (SSSR count). The number of thiocarbonyl (C=S) groups is 1. The Bertz CT molecular complexity index is 723. The Morgan fingerprint density at radius 2 is 1.70 bits per heavy atom. The molecular formula is C20H33N3O2S2. The van der Waals surface area contributed by atoms with Gasteiger partial charge < -0.3 is 10.6 Å². The molecule has 0 amide bonds. The van der Waals surface area contributed by atoms with Crippen molar-refractivity contribution in [1.29, 1.82) is 0 Å². The van der Waals surface area contributed by atoms with Crippen molar-refractivity contribution in [3.8, 4) is 0 Å². The molecule has 0 heterocycles. The molecule has 7 heteroatoms. The molecule has 0 bridgehead atoms. The number of anilines is 1. The number of benzene rings is 1. The summed E-state index contributed by atoms with van der Waals surface area (Å²) < 4.78 is 27.0. The van der Waals surface area contributed by atoms with Crippen LogP contribution in [-0.2, 0) is 10.0 Å². The van der Waals surface area contributed by atoms with Gasteiger partial charge in [-0.15, -0.1) is 0 Å². The van der Waals surface area contributed by atoms with Crippen molar-refractivity contribution in [2.24, 2.45) is 0 Å². The molecule has 1 saturated carbocycles.